The Hall–Kier alpha value is -1.40. The molecule has 8 nitrogen and oxygen atoms in total. The van der Waals surface area contributed by atoms with Crippen LogP contribution >= 0.6 is 33.3 Å². The van der Waals surface area contributed by atoms with Gasteiger partial charge in [0, 0.05) is 36.1 Å². The predicted molar refractivity (Wildman–Crippen MR) is 145 cm³/mol. The molecule has 0 saturated carbocycles. The van der Waals surface area contributed by atoms with Crippen LogP contribution in [0.15, 0.2) is 24.3 Å². The number of hydrogen-bond acceptors (Lipinski definition) is 9. The number of esters is 1. The molecule has 4 atom stereocenters. The minimum atomic E-state index is -0.755. The van der Waals surface area contributed by atoms with Crippen molar-refractivity contribution in [3.8, 4) is 0 Å². The van der Waals surface area contributed by atoms with E-state index in [9.17, 15) is 14.4 Å². The van der Waals surface area contributed by atoms with Crippen molar-refractivity contribution < 1.29 is 19.1 Å². The van der Waals surface area contributed by atoms with E-state index in [1.165, 1.54) is 7.11 Å². The van der Waals surface area contributed by atoms with Gasteiger partial charge < -0.3 is 26.0 Å². The smallest absolute Gasteiger partial charge is 0.328 e. The van der Waals surface area contributed by atoms with Crippen LogP contribution in [0.5, 0.6) is 0 Å². The molecule has 2 amide bonds. The number of carbonyl (C=O) groups is 3. The summed E-state index contributed by atoms with van der Waals surface area (Å²) in [7, 11) is 4.64. The van der Waals surface area contributed by atoms with Gasteiger partial charge in [0.2, 0.25) is 11.8 Å². The van der Waals surface area contributed by atoms with Crippen LogP contribution in [0.4, 0.5) is 0 Å². The summed E-state index contributed by atoms with van der Waals surface area (Å²) in [6.45, 7) is 4.94. The maximum Gasteiger partial charge on any atom is 0.328 e. The van der Waals surface area contributed by atoms with Gasteiger partial charge >= 0.3 is 5.97 Å². The maximum atomic E-state index is 14.0. The molecule has 2 heterocycles. The summed E-state index contributed by atoms with van der Waals surface area (Å²) in [4.78, 5) is 41.6. The van der Waals surface area contributed by atoms with E-state index in [0.717, 1.165) is 16.9 Å². The van der Waals surface area contributed by atoms with Crippen molar-refractivity contribution in [2.45, 2.75) is 62.1 Å². The van der Waals surface area contributed by atoms with Crippen molar-refractivity contribution in [3.63, 3.8) is 0 Å². The minimum Gasteiger partial charge on any atom is -0.467 e. The van der Waals surface area contributed by atoms with Gasteiger partial charge in [-0.05, 0) is 43.4 Å². The Morgan fingerprint density at radius 2 is 2.03 bits per heavy atom. The lowest BCUT2D eigenvalue weighted by atomic mass is 9.91. The first kappa shape index (κ1) is 28.2. The summed E-state index contributed by atoms with van der Waals surface area (Å²) in [5.74, 6) is 0.546. The normalized spacial score (nSPS) is 24.9. The van der Waals surface area contributed by atoms with E-state index in [2.05, 4.69) is 10.6 Å². The van der Waals surface area contributed by atoms with Crippen molar-refractivity contribution in [3.05, 3.63) is 35.4 Å². The molecule has 0 spiro atoms. The SMILES string of the molecule is COC(=O)C(CCSC)NC(=O)C1Cc2ccccc2CN1C(=O)C1NCC(N)CSSC1(C)C. The first-order valence-electron chi connectivity index (χ1n) is 11.7. The van der Waals surface area contributed by atoms with Crippen LogP contribution in [-0.2, 0) is 32.1 Å². The molecule has 2 aliphatic rings. The van der Waals surface area contributed by atoms with Crippen LogP contribution in [0.1, 0.15) is 31.4 Å². The molecular formula is C24H36N4O4S3. The molecule has 1 aromatic carbocycles. The van der Waals surface area contributed by atoms with Crippen molar-refractivity contribution in [1.82, 2.24) is 15.5 Å². The molecule has 0 bridgehead atoms. The third kappa shape index (κ3) is 7.09. The summed E-state index contributed by atoms with van der Waals surface area (Å²) in [5.41, 5.74) is 8.24. The molecule has 0 aliphatic carbocycles. The zero-order valence-electron chi connectivity index (χ0n) is 20.7. The maximum absolute atomic E-state index is 14.0. The van der Waals surface area contributed by atoms with Crippen molar-refractivity contribution in [2.75, 3.05) is 31.4 Å². The third-order valence-electron chi connectivity index (χ3n) is 6.33. The Labute approximate surface area is 220 Å². The van der Waals surface area contributed by atoms with Gasteiger partial charge in [-0.15, -0.1) is 0 Å². The summed E-state index contributed by atoms with van der Waals surface area (Å²) < 4.78 is 4.51. The largest absolute Gasteiger partial charge is 0.467 e. The second-order valence-electron chi connectivity index (χ2n) is 9.39. The second kappa shape index (κ2) is 12.7. The average molecular weight is 541 g/mol. The molecule has 1 aromatic rings. The van der Waals surface area contributed by atoms with Crippen molar-refractivity contribution >= 4 is 51.1 Å². The number of carbonyl (C=O) groups excluding carboxylic acids is 3. The average Bonchev–Trinajstić information content (AvgIpc) is 2.83. The number of nitrogens with two attached hydrogens (primary N) is 1. The Balaban J connectivity index is 1.89. The van der Waals surface area contributed by atoms with E-state index >= 15 is 0 Å². The topological polar surface area (TPSA) is 114 Å². The highest BCUT2D eigenvalue weighted by Crippen LogP contribution is 2.40. The lowest BCUT2D eigenvalue weighted by Crippen LogP contribution is -2.63. The zero-order valence-corrected chi connectivity index (χ0v) is 23.2. The molecule has 4 unspecified atom stereocenters. The number of nitrogens with one attached hydrogen (secondary N) is 2. The zero-order chi connectivity index (χ0) is 25.6. The summed E-state index contributed by atoms with van der Waals surface area (Å²) in [5, 5.41) is 6.25. The van der Waals surface area contributed by atoms with Gasteiger partial charge in [0.1, 0.15) is 18.1 Å². The fourth-order valence-corrected chi connectivity index (χ4v) is 7.67. The van der Waals surface area contributed by atoms with Crippen molar-refractivity contribution in [1.29, 1.82) is 0 Å². The van der Waals surface area contributed by atoms with Gasteiger partial charge in [0.25, 0.3) is 0 Å². The van der Waals surface area contributed by atoms with Crippen LogP contribution in [0, 0.1) is 0 Å². The second-order valence-corrected chi connectivity index (χ2v) is 13.4. The molecule has 0 aromatic heterocycles. The van der Waals surface area contributed by atoms with Crippen LogP contribution in [-0.4, -0.2) is 83.0 Å². The first-order chi connectivity index (χ1) is 16.7. The number of rotatable bonds is 7. The number of hydrogen-bond donors (Lipinski definition) is 3. The Morgan fingerprint density at radius 1 is 1.31 bits per heavy atom. The van der Waals surface area contributed by atoms with E-state index in [0.29, 0.717) is 31.7 Å². The van der Waals surface area contributed by atoms with E-state index < -0.39 is 28.8 Å². The lowest BCUT2D eigenvalue weighted by molar-refractivity contribution is -0.148. The quantitative estimate of drug-likeness (QED) is 0.352. The van der Waals surface area contributed by atoms with Crippen LogP contribution < -0.4 is 16.4 Å². The highest BCUT2D eigenvalue weighted by atomic mass is 33.1. The highest BCUT2D eigenvalue weighted by molar-refractivity contribution is 8.77. The summed E-state index contributed by atoms with van der Waals surface area (Å²) in [6, 6.07) is 5.82. The monoisotopic (exact) mass is 540 g/mol. The van der Waals surface area contributed by atoms with E-state index in [-0.39, 0.29) is 17.9 Å². The third-order valence-corrected chi connectivity index (χ3v) is 10.4. The van der Waals surface area contributed by atoms with Gasteiger partial charge in [0.05, 0.1) is 7.11 Å². The molecule has 1 saturated heterocycles. The number of nitrogens with zero attached hydrogens (tertiary/aromatic N) is 1. The molecule has 194 valence electrons. The fourth-order valence-electron chi connectivity index (χ4n) is 4.33. The number of fused-ring (bicyclic) bond motifs is 1. The Morgan fingerprint density at radius 3 is 2.71 bits per heavy atom. The van der Waals surface area contributed by atoms with Crippen LogP contribution in [0.2, 0.25) is 0 Å². The van der Waals surface area contributed by atoms with Gasteiger partial charge in [-0.25, -0.2) is 4.79 Å². The Kier molecular flexibility index (Phi) is 10.2. The number of amides is 2. The number of methoxy groups -OCH3 is 1. The first-order valence-corrected chi connectivity index (χ1v) is 15.4. The minimum absolute atomic E-state index is 0.0580. The van der Waals surface area contributed by atoms with Gasteiger partial charge in [-0.2, -0.15) is 11.8 Å². The number of thioether (sulfide) groups is 1. The van der Waals surface area contributed by atoms with Gasteiger partial charge in [-0.3, -0.25) is 9.59 Å². The van der Waals surface area contributed by atoms with Crippen molar-refractivity contribution in [2.24, 2.45) is 5.73 Å². The molecule has 3 rings (SSSR count). The van der Waals surface area contributed by atoms with Gasteiger partial charge in [-0.1, -0.05) is 45.9 Å². The number of benzene rings is 1. The van der Waals surface area contributed by atoms with E-state index in [4.69, 9.17) is 10.5 Å². The van der Waals surface area contributed by atoms with Gasteiger partial charge in [0.15, 0.2) is 0 Å². The summed E-state index contributed by atoms with van der Waals surface area (Å²) in [6.07, 6.45) is 2.79. The molecule has 4 N–H and O–H groups in total. The van der Waals surface area contributed by atoms with Crippen LogP contribution in [0.25, 0.3) is 0 Å². The predicted octanol–water partition coefficient (Wildman–Crippen LogP) is 1.81. The molecular weight excluding hydrogens is 504 g/mol. The highest BCUT2D eigenvalue weighted by Gasteiger charge is 2.44. The molecule has 1 fully saturated rings. The van der Waals surface area contributed by atoms with Crippen LogP contribution in [0.3, 0.4) is 0 Å². The lowest BCUT2D eigenvalue weighted by Gasteiger charge is -2.42. The van der Waals surface area contributed by atoms with E-state index in [1.807, 2.05) is 44.4 Å². The molecule has 11 heteroatoms. The standard InChI is InChI=1S/C24H36N4O4S3/c1-24(2)20(26-12-17(25)14-34-35-24)22(30)28-13-16-8-6-5-7-15(16)11-19(28)21(29)27-18(9-10-33-4)23(31)32-3/h5-8,17-20,26H,9-14,25H2,1-4H3,(H,27,29). The van der Waals surface area contributed by atoms with E-state index in [1.54, 1.807) is 38.2 Å². The number of ether oxygens (including phenoxy) is 1. The molecule has 2 aliphatic heterocycles. The Bertz CT molecular complexity index is 917. The molecule has 35 heavy (non-hydrogen) atoms. The fraction of sp³-hybridized carbons (Fsp3) is 0.625. The summed E-state index contributed by atoms with van der Waals surface area (Å²) >= 11 is 1.59. The molecule has 0 radical (unpaired) electrons.